The Morgan fingerprint density at radius 2 is 2.19 bits per heavy atom. The minimum atomic E-state index is 0. The van der Waals surface area contributed by atoms with Crippen molar-refractivity contribution in [2.24, 2.45) is 17.3 Å². The number of rotatable bonds is 3. The number of aliphatic hydroxyl groups is 1. The molecule has 0 radical (unpaired) electrons. The van der Waals surface area contributed by atoms with Crippen LogP contribution >= 0.6 is 12.4 Å². The average molecular weight is 249 g/mol. The first-order valence-corrected chi connectivity index (χ1v) is 6.17. The third-order valence-corrected chi connectivity index (χ3v) is 4.14. The topological polar surface area (TPSA) is 35.5 Å². The van der Waals surface area contributed by atoms with Gasteiger partial charge in [-0.3, -0.25) is 0 Å². The highest BCUT2D eigenvalue weighted by atomic mass is 35.5. The highest BCUT2D eigenvalue weighted by molar-refractivity contribution is 5.85. The Morgan fingerprint density at radius 3 is 2.69 bits per heavy atom. The second-order valence-electron chi connectivity index (χ2n) is 5.85. The molecular weight excluding hydrogens is 224 g/mol. The molecule has 1 unspecified atom stereocenters. The molecule has 2 aliphatic heterocycles. The molecule has 2 rings (SSSR count). The number of nitrogens with one attached hydrogen (secondary N) is 1. The van der Waals surface area contributed by atoms with Gasteiger partial charge in [-0.1, -0.05) is 13.8 Å². The number of halogens is 1. The van der Waals surface area contributed by atoms with Gasteiger partial charge in [-0.15, -0.1) is 12.4 Å². The van der Waals surface area contributed by atoms with E-state index in [1.165, 1.54) is 26.1 Å². The average Bonchev–Trinajstić information content (AvgIpc) is 2.73. The van der Waals surface area contributed by atoms with Crippen molar-refractivity contribution in [2.45, 2.75) is 20.3 Å². The first-order valence-electron chi connectivity index (χ1n) is 6.17. The Kier molecular flexibility index (Phi) is 5.05. The van der Waals surface area contributed by atoms with E-state index in [1.807, 2.05) is 0 Å². The molecular formula is C12H25ClN2O. The van der Waals surface area contributed by atoms with Gasteiger partial charge in [0.1, 0.15) is 0 Å². The van der Waals surface area contributed by atoms with Crippen LogP contribution in [0.15, 0.2) is 0 Å². The quantitative estimate of drug-likeness (QED) is 0.781. The fourth-order valence-corrected chi connectivity index (χ4v) is 3.05. The normalized spacial score (nSPS) is 39.9. The van der Waals surface area contributed by atoms with Gasteiger partial charge in [-0.05, 0) is 30.2 Å². The third-order valence-electron chi connectivity index (χ3n) is 4.14. The molecule has 0 aromatic rings. The summed E-state index contributed by atoms with van der Waals surface area (Å²) in [4.78, 5) is 2.54. The summed E-state index contributed by atoms with van der Waals surface area (Å²) in [7, 11) is 0. The third kappa shape index (κ3) is 3.10. The maximum atomic E-state index is 9.24. The van der Waals surface area contributed by atoms with Crippen LogP contribution in [0.25, 0.3) is 0 Å². The van der Waals surface area contributed by atoms with E-state index in [4.69, 9.17) is 0 Å². The highest BCUT2D eigenvalue weighted by Gasteiger charge is 2.35. The molecule has 2 aliphatic rings. The molecule has 0 saturated carbocycles. The molecule has 0 aromatic carbocycles. The van der Waals surface area contributed by atoms with Crippen LogP contribution < -0.4 is 5.32 Å². The Bertz CT molecular complexity index is 219. The summed E-state index contributed by atoms with van der Waals surface area (Å²) in [6, 6.07) is 0. The molecule has 4 heteroatoms. The first-order chi connectivity index (χ1) is 7.13. The van der Waals surface area contributed by atoms with E-state index in [9.17, 15) is 5.11 Å². The van der Waals surface area contributed by atoms with Crippen molar-refractivity contribution in [3.05, 3.63) is 0 Å². The molecule has 2 fully saturated rings. The van der Waals surface area contributed by atoms with Crippen LogP contribution in [0.5, 0.6) is 0 Å². The van der Waals surface area contributed by atoms with E-state index in [0.29, 0.717) is 23.9 Å². The molecule has 0 amide bonds. The largest absolute Gasteiger partial charge is 0.396 e. The monoisotopic (exact) mass is 248 g/mol. The lowest BCUT2D eigenvalue weighted by Gasteiger charge is -2.29. The molecule has 0 bridgehead atoms. The fraction of sp³-hybridized carbons (Fsp3) is 1.00. The number of likely N-dealkylation sites (tertiary alicyclic amines) is 1. The number of hydrogen-bond acceptors (Lipinski definition) is 3. The summed E-state index contributed by atoms with van der Waals surface area (Å²) >= 11 is 0. The van der Waals surface area contributed by atoms with Crippen molar-refractivity contribution >= 4 is 12.4 Å². The Morgan fingerprint density at radius 1 is 1.44 bits per heavy atom. The van der Waals surface area contributed by atoms with E-state index >= 15 is 0 Å². The number of nitrogens with zero attached hydrogens (tertiary/aromatic N) is 1. The summed E-state index contributed by atoms with van der Waals surface area (Å²) in [5.74, 6) is 1.16. The molecule has 3 nitrogen and oxygen atoms in total. The molecule has 2 heterocycles. The van der Waals surface area contributed by atoms with Crippen LogP contribution in [0.2, 0.25) is 0 Å². The van der Waals surface area contributed by atoms with Crippen molar-refractivity contribution in [3.8, 4) is 0 Å². The summed E-state index contributed by atoms with van der Waals surface area (Å²) < 4.78 is 0. The number of aliphatic hydroxyl groups excluding tert-OH is 1. The maximum absolute atomic E-state index is 9.24. The smallest absolute Gasteiger partial charge is 0.0474 e. The van der Waals surface area contributed by atoms with Crippen molar-refractivity contribution in [1.29, 1.82) is 0 Å². The predicted molar refractivity (Wildman–Crippen MR) is 69.0 cm³/mol. The van der Waals surface area contributed by atoms with Gasteiger partial charge in [-0.2, -0.15) is 0 Å². The van der Waals surface area contributed by atoms with Crippen molar-refractivity contribution in [1.82, 2.24) is 10.2 Å². The van der Waals surface area contributed by atoms with Gasteiger partial charge in [0, 0.05) is 32.8 Å². The molecule has 0 aromatic heterocycles. The highest BCUT2D eigenvalue weighted by Crippen LogP contribution is 2.30. The van der Waals surface area contributed by atoms with E-state index in [1.54, 1.807) is 0 Å². The van der Waals surface area contributed by atoms with Crippen LogP contribution in [0.3, 0.4) is 0 Å². The summed E-state index contributed by atoms with van der Waals surface area (Å²) in [6.07, 6.45) is 1.29. The molecule has 16 heavy (non-hydrogen) atoms. The second-order valence-corrected chi connectivity index (χ2v) is 5.85. The summed E-state index contributed by atoms with van der Waals surface area (Å²) in [5, 5.41) is 12.7. The minimum Gasteiger partial charge on any atom is -0.396 e. The van der Waals surface area contributed by atoms with E-state index in [0.717, 1.165) is 13.1 Å². The van der Waals surface area contributed by atoms with Gasteiger partial charge < -0.3 is 15.3 Å². The Hall–Kier alpha value is 0.170. The maximum Gasteiger partial charge on any atom is 0.0474 e. The minimum absolute atomic E-state index is 0. The van der Waals surface area contributed by atoms with Crippen molar-refractivity contribution in [2.75, 3.05) is 39.3 Å². The predicted octanol–water partition coefficient (Wildman–Crippen LogP) is 0.968. The zero-order chi connectivity index (χ0) is 10.9. The fourth-order valence-electron chi connectivity index (χ4n) is 3.05. The van der Waals surface area contributed by atoms with Crippen molar-refractivity contribution in [3.63, 3.8) is 0 Å². The Labute approximate surface area is 105 Å². The van der Waals surface area contributed by atoms with E-state index in [-0.39, 0.29) is 12.4 Å². The van der Waals surface area contributed by atoms with Crippen molar-refractivity contribution < 1.29 is 5.11 Å². The molecule has 0 aliphatic carbocycles. The van der Waals surface area contributed by atoms with Gasteiger partial charge in [0.2, 0.25) is 0 Å². The molecule has 3 atom stereocenters. The lowest BCUT2D eigenvalue weighted by Crippen LogP contribution is -2.36. The first kappa shape index (κ1) is 14.2. The summed E-state index contributed by atoms with van der Waals surface area (Å²) in [6.45, 7) is 10.8. The van der Waals surface area contributed by atoms with Gasteiger partial charge in [0.25, 0.3) is 0 Å². The van der Waals surface area contributed by atoms with E-state index < -0.39 is 0 Å². The van der Waals surface area contributed by atoms with Gasteiger partial charge in [-0.25, -0.2) is 0 Å². The SMILES string of the molecule is C[C@@H]1CN(CC2(C)CCNC2)C[C@H]1CO.Cl. The summed E-state index contributed by atoms with van der Waals surface area (Å²) in [5.41, 5.74) is 0.462. The molecule has 0 spiro atoms. The van der Waals surface area contributed by atoms with Crippen LogP contribution in [0.1, 0.15) is 20.3 Å². The standard InChI is InChI=1S/C12H24N2O.ClH/c1-10-5-14(6-11(10)7-15)9-12(2)3-4-13-8-12;/h10-11,13,15H,3-9H2,1-2H3;1H/t10-,11+,12?;/m1./s1. The number of hydrogen-bond donors (Lipinski definition) is 2. The zero-order valence-electron chi connectivity index (χ0n) is 10.4. The van der Waals surface area contributed by atoms with Gasteiger partial charge in [0.15, 0.2) is 0 Å². The van der Waals surface area contributed by atoms with E-state index in [2.05, 4.69) is 24.1 Å². The molecule has 96 valence electrons. The second kappa shape index (κ2) is 5.67. The van der Waals surface area contributed by atoms with Crippen LogP contribution in [0.4, 0.5) is 0 Å². The van der Waals surface area contributed by atoms with Gasteiger partial charge >= 0.3 is 0 Å². The molecule has 2 N–H and O–H groups in total. The zero-order valence-corrected chi connectivity index (χ0v) is 11.2. The van der Waals surface area contributed by atoms with Crippen LogP contribution in [0, 0.1) is 17.3 Å². The Balaban J connectivity index is 0.00000128. The van der Waals surface area contributed by atoms with Crippen LogP contribution in [-0.2, 0) is 0 Å². The lowest BCUT2D eigenvalue weighted by atomic mass is 9.89. The van der Waals surface area contributed by atoms with Crippen LogP contribution in [-0.4, -0.2) is 49.3 Å². The molecule has 2 saturated heterocycles. The lowest BCUT2D eigenvalue weighted by molar-refractivity contribution is 0.183. The van der Waals surface area contributed by atoms with Gasteiger partial charge in [0.05, 0.1) is 0 Å².